The second-order valence-corrected chi connectivity index (χ2v) is 7.59. The van der Waals surface area contributed by atoms with Crippen molar-refractivity contribution in [3.05, 3.63) is 16.1 Å². The van der Waals surface area contributed by atoms with E-state index in [0.29, 0.717) is 24.4 Å². The quantitative estimate of drug-likeness (QED) is 0.899. The van der Waals surface area contributed by atoms with E-state index in [-0.39, 0.29) is 11.9 Å². The van der Waals surface area contributed by atoms with Crippen molar-refractivity contribution in [2.24, 2.45) is 5.92 Å². The predicted molar refractivity (Wildman–Crippen MR) is 85.3 cm³/mol. The van der Waals surface area contributed by atoms with Crippen LogP contribution in [0.4, 0.5) is 0 Å². The molecule has 2 heterocycles. The van der Waals surface area contributed by atoms with Crippen LogP contribution in [-0.4, -0.2) is 23.0 Å². The zero-order chi connectivity index (χ0) is 14.8. The van der Waals surface area contributed by atoms with Gasteiger partial charge < -0.3 is 10.6 Å². The van der Waals surface area contributed by atoms with Gasteiger partial charge in [-0.15, -0.1) is 11.3 Å². The highest BCUT2D eigenvalue weighted by Gasteiger charge is 2.38. The summed E-state index contributed by atoms with van der Waals surface area (Å²) in [7, 11) is 0. The number of nitrogens with one attached hydrogen (secondary N) is 2. The van der Waals surface area contributed by atoms with Crippen LogP contribution < -0.4 is 10.6 Å². The van der Waals surface area contributed by atoms with Crippen LogP contribution in [0.25, 0.3) is 0 Å². The average molecular weight is 307 g/mol. The van der Waals surface area contributed by atoms with Crippen LogP contribution in [0.3, 0.4) is 0 Å². The Bertz CT molecular complexity index is 485. The molecule has 21 heavy (non-hydrogen) atoms. The maximum absolute atomic E-state index is 12.3. The summed E-state index contributed by atoms with van der Waals surface area (Å²) >= 11 is 1.64. The first kappa shape index (κ1) is 15.0. The zero-order valence-electron chi connectivity index (χ0n) is 12.9. The van der Waals surface area contributed by atoms with Gasteiger partial charge in [0.2, 0.25) is 5.91 Å². The van der Waals surface area contributed by atoms with Gasteiger partial charge in [0, 0.05) is 11.4 Å². The van der Waals surface area contributed by atoms with Gasteiger partial charge >= 0.3 is 0 Å². The Labute approximate surface area is 130 Å². The van der Waals surface area contributed by atoms with Crippen molar-refractivity contribution in [2.45, 2.75) is 70.5 Å². The van der Waals surface area contributed by atoms with E-state index in [2.05, 4.69) is 34.8 Å². The molecule has 116 valence electrons. The summed E-state index contributed by atoms with van der Waals surface area (Å²) in [4.78, 5) is 16.9. The summed E-state index contributed by atoms with van der Waals surface area (Å²) < 4.78 is 0. The van der Waals surface area contributed by atoms with Gasteiger partial charge in [0.1, 0.15) is 5.01 Å². The van der Waals surface area contributed by atoms with Crippen molar-refractivity contribution in [1.29, 1.82) is 0 Å². The molecule has 3 unspecified atom stereocenters. The fourth-order valence-corrected chi connectivity index (χ4v) is 4.37. The molecule has 1 amide bonds. The lowest BCUT2D eigenvalue weighted by Gasteiger charge is -2.24. The van der Waals surface area contributed by atoms with Crippen LogP contribution in [0.2, 0.25) is 0 Å². The first-order chi connectivity index (χ1) is 10.1. The second kappa shape index (κ2) is 6.44. The van der Waals surface area contributed by atoms with Crippen molar-refractivity contribution in [3.63, 3.8) is 0 Å². The second-order valence-electron chi connectivity index (χ2n) is 6.64. The lowest BCUT2D eigenvalue weighted by atomic mass is 9.85. The fourth-order valence-electron chi connectivity index (χ4n) is 3.48. The maximum Gasteiger partial charge on any atom is 0.237 e. The normalized spacial score (nSPS) is 28.6. The minimum absolute atomic E-state index is 0.00244. The number of nitrogens with zero attached hydrogens (tertiary/aromatic N) is 1. The number of thiazole rings is 1. The molecule has 0 radical (unpaired) electrons. The van der Waals surface area contributed by atoms with Crippen LogP contribution in [-0.2, 0) is 11.3 Å². The van der Waals surface area contributed by atoms with E-state index in [1.54, 1.807) is 11.3 Å². The molecule has 0 spiro atoms. The molecule has 2 aliphatic rings. The molecule has 1 saturated heterocycles. The van der Waals surface area contributed by atoms with Gasteiger partial charge in [0.05, 0.1) is 18.3 Å². The first-order valence-corrected chi connectivity index (χ1v) is 8.99. The highest BCUT2D eigenvalue weighted by Crippen LogP contribution is 2.33. The molecular formula is C16H25N3OS. The van der Waals surface area contributed by atoms with Crippen LogP contribution in [0.5, 0.6) is 0 Å². The third kappa shape index (κ3) is 3.46. The van der Waals surface area contributed by atoms with Gasteiger partial charge in [-0.25, -0.2) is 4.98 Å². The fraction of sp³-hybridized carbons (Fsp3) is 0.750. The average Bonchev–Trinajstić information content (AvgIpc) is 3.11. The molecule has 3 atom stereocenters. The molecule has 0 aromatic carbocycles. The number of carbonyl (C=O) groups excluding carboxylic acids is 1. The third-order valence-electron chi connectivity index (χ3n) is 4.75. The van der Waals surface area contributed by atoms with Crippen molar-refractivity contribution < 1.29 is 4.79 Å². The first-order valence-electron chi connectivity index (χ1n) is 8.11. The van der Waals surface area contributed by atoms with Gasteiger partial charge in [-0.1, -0.05) is 26.7 Å². The standard InChI is InChI=1S/C16H25N3OS/c1-10(2)14-9-21-15(19-14)8-17-16(20)13-7-11-5-3-4-6-12(11)18-13/h9-13,18H,3-8H2,1-2H3,(H,17,20). The molecule has 2 N–H and O–H groups in total. The molecule has 5 heteroatoms. The van der Waals surface area contributed by atoms with E-state index < -0.39 is 0 Å². The lowest BCUT2D eigenvalue weighted by Crippen LogP contribution is -2.42. The number of aromatic nitrogens is 1. The van der Waals surface area contributed by atoms with Crippen LogP contribution in [0, 0.1) is 5.92 Å². The van der Waals surface area contributed by atoms with Crippen molar-refractivity contribution in [3.8, 4) is 0 Å². The largest absolute Gasteiger partial charge is 0.348 e. The Kier molecular flexibility index (Phi) is 4.60. The predicted octanol–water partition coefficient (Wildman–Crippen LogP) is 2.80. The Morgan fingerprint density at radius 1 is 1.48 bits per heavy atom. The molecule has 1 aliphatic carbocycles. The van der Waals surface area contributed by atoms with Crippen molar-refractivity contribution in [2.75, 3.05) is 0 Å². The molecule has 2 fully saturated rings. The number of hydrogen-bond acceptors (Lipinski definition) is 4. The lowest BCUT2D eigenvalue weighted by molar-refractivity contribution is -0.123. The van der Waals surface area contributed by atoms with E-state index in [4.69, 9.17) is 0 Å². The zero-order valence-corrected chi connectivity index (χ0v) is 13.7. The summed E-state index contributed by atoms with van der Waals surface area (Å²) in [6.45, 7) is 4.84. The van der Waals surface area contributed by atoms with Crippen LogP contribution >= 0.6 is 11.3 Å². The summed E-state index contributed by atoms with van der Waals surface area (Å²) in [6.07, 6.45) is 6.16. The number of carbonyl (C=O) groups is 1. The minimum atomic E-state index is 0.00244. The van der Waals surface area contributed by atoms with Gasteiger partial charge in [0.15, 0.2) is 0 Å². The van der Waals surface area contributed by atoms with Gasteiger partial charge in [-0.3, -0.25) is 4.79 Å². The molecule has 1 aromatic heterocycles. The SMILES string of the molecule is CC(C)c1csc(CNC(=O)C2CC3CCCCC3N2)n1. The molecule has 1 saturated carbocycles. The van der Waals surface area contributed by atoms with E-state index in [9.17, 15) is 4.79 Å². The highest BCUT2D eigenvalue weighted by molar-refractivity contribution is 7.09. The summed E-state index contributed by atoms with van der Waals surface area (Å²) in [6, 6.07) is 0.574. The molecule has 1 aliphatic heterocycles. The summed E-state index contributed by atoms with van der Waals surface area (Å²) in [5.74, 6) is 1.30. The Morgan fingerprint density at radius 3 is 3.00 bits per heavy atom. The molecule has 4 nitrogen and oxygen atoms in total. The third-order valence-corrected chi connectivity index (χ3v) is 5.62. The smallest absolute Gasteiger partial charge is 0.237 e. The molecule has 1 aromatic rings. The van der Waals surface area contributed by atoms with E-state index >= 15 is 0 Å². The molecular weight excluding hydrogens is 282 g/mol. The van der Waals surface area contributed by atoms with Gasteiger partial charge in [-0.2, -0.15) is 0 Å². The molecule has 0 bridgehead atoms. The Morgan fingerprint density at radius 2 is 2.29 bits per heavy atom. The Balaban J connectivity index is 1.50. The van der Waals surface area contributed by atoms with E-state index in [1.165, 1.54) is 25.7 Å². The van der Waals surface area contributed by atoms with E-state index in [0.717, 1.165) is 17.1 Å². The van der Waals surface area contributed by atoms with E-state index in [1.807, 2.05) is 0 Å². The van der Waals surface area contributed by atoms with Crippen molar-refractivity contribution >= 4 is 17.2 Å². The number of rotatable bonds is 4. The van der Waals surface area contributed by atoms with Gasteiger partial charge in [0.25, 0.3) is 0 Å². The van der Waals surface area contributed by atoms with Crippen molar-refractivity contribution in [1.82, 2.24) is 15.6 Å². The monoisotopic (exact) mass is 307 g/mol. The summed E-state index contributed by atoms with van der Waals surface area (Å²) in [5, 5.41) is 9.67. The van der Waals surface area contributed by atoms with Crippen LogP contribution in [0.15, 0.2) is 5.38 Å². The number of fused-ring (bicyclic) bond motifs is 1. The highest BCUT2D eigenvalue weighted by atomic mass is 32.1. The topological polar surface area (TPSA) is 54.0 Å². The van der Waals surface area contributed by atoms with Gasteiger partial charge in [-0.05, 0) is 31.1 Å². The number of hydrogen-bond donors (Lipinski definition) is 2. The van der Waals surface area contributed by atoms with Crippen LogP contribution in [0.1, 0.15) is 62.6 Å². The minimum Gasteiger partial charge on any atom is -0.348 e. The maximum atomic E-state index is 12.3. The Hall–Kier alpha value is -0.940. The molecule has 3 rings (SSSR count). The number of amides is 1. The summed E-state index contributed by atoms with van der Waals surface area (Å²) in [5.41, 5.74) is 1.12.